The van der Waals surface area contributed by atoms with Crippen molar-refractivity contribution in [3.8, 4) is 0 Å². The van der Waals surface area contributed by atoms with Crippen molar-refractivity contribution in [2.24, 2.45) is 5.41 Å². The van der Waals surface area contributed by atoms with Gasteiger partial charge in [0.2, 0.25) is 4.29 Å². The van der Waals surface area contributed by atoms with E-state index >= 15 is 0 Å². The first-order chi connectivity index (χ1) is 10.3. The predicted molar refractivity (Wildman–Crippen MR) is 112 cm³/mol. The third-order valence-electron chi connectivity index (χ3n) is 4.40. The lowest BCUT2D eigenvalue weighted by Gasteiger charge is -2.39. The Morgan fingerprint density at radius 3 is 1.64 bits per heavy atom. The van der Waals surface area contributed by atoms with Gasteiger partial charge in [-0.15, -0.1) is 22.4 Å². The summed E-state index contributed by atoms with van der Waals surface area (Å²) in [6, 6.07) is 21.9. The Balaban J connectivity index is 2.43. The minimum absolute atomic E-state index is 0.0439. The molecule has 0 N–H and O–H groups in total. The van der Waals surface area contributed by atoms with Crippen LogP contribution in [-0.2, 0) is 5.41 Å². The van der Waals surface area contributed by atoms with Gasteiger partial charge in [-0.25, -0.2) is 0 Å². The summed E-state index contributed by atoms with van der Waals surface area (Å²) in [5.41, 5.74) is 3.14. The van der Waals surface area contributed by atoms with E-state index in [9.17, 15) is 0 Å². The maximum absolute atomic E-state index is 2.94. The Morgan fingerprint density at radius 2 is 1.27 bits per heavy atom. The molecule has 0 aromatic heterocycles. The van der Waals surface area contributed by atoms with Gasteiger partial charge in [0.25, 0.3) is 0 Å². The number of hydrogen-bond acceptors (Lipinski definition) is 0. The zero-order chi connectivity index (χ0) is 16.2. The van der Waals surface area contributed by atoms with Gasteiger partial charge in [0.1, 0.15) is 0 Å². The molecule has 0 saturated carbocycles. The van der Waals surface area contributed by atoms with Crippen LogP contribution in [0.2, 0.25) is 6.32 Å². The van der Waals surface area contributed by atoms with Crippen molar-refractivity contribution in [3.05, 3.63) is 71.8 Å². The topological polar surface area (TPSA) is 0 Å². The molecule has 2 aromatic rings. The van der Waals surface area contributed by atoms with E-state index in [1.54, 1.807) is 0 Å². The van der Waals surface area contributed by atoms with Crippen molar-refractivity contribution in [2.75, 3.05) is 0 Å². The molecule has 0 aliphatic rings. The van der Waals surface area contributed by atoms with Gasteiger partial charge in [-0.05, 0) is 23.0 Å². The van der Waals surface area contributed by atoms with E-state index in [0.717, 1.165) is 6.42 Å². The van der Waals surface area contributed by atoms with E-state index in [0.29, 0.717) is 4.29 Å². The van der Waals surface area contributed by atoms with Crippen LogP contribution in [-0.4, -0.2) is 4.29 Å². The van der Waals surface area contributed by atoms with Crippen LogP contribution in [0.5, 0.6) is 0 Å². The van der Waals surface area contributed by atoms with Crippen LogP contribution in [0.25, 0.3) is 0 Å². The van der Waals surface area contributed by atoms with Gasteiger partial charge in [-0.3, -0.25) is 0 Å². The van der Waals surface area contributed by atoms with E-state index in [4.69, 9.17) is 0 Å². The number of benzene rings is 2. The van der Waals surface area contributed by atoms with Gasteiger partial charge < -0.3 is 0 Å². The Kier molecular flexibility index (Phi) is 6.13. The van der Waals surface area contributed by atoms with Crippen LogP contribution in [0.1, 0.15) is 38.3 Å². The lowest BCUT2D eigenvalue weighted by atomic mass is 9.63. The zero-order valence-corrected chi connectivity index (χ0v) is 17.0. The SMILES string of the molecule is CC(C)(CB(P)I)CC(C)(c1ccccc1)c1ccccc1. The normalized spacial score (nSPS) is 12.2. The lowest BCUT2D eigenvalue weighted by Crippen LogP contribution is -2.31. The fourth-order valence-corrected chi connectivity index (χ4v) is 5.37. The molecule has 0 aliphatic carbocycles. The minimum Gasteiger partial charge on any atom is -0.159 e. The zero-order valence-electron chi connectivity index (χ0n) is 13.7. The van der Waals surface area contributed by atoms with Crippen LogP contribution in [0, 0.1) is 5.41 Å². The van der Waals surface area contributed by atoms with Crippen LogP contribution >= 0.6 is 31.5 Å². The Morgan fingerprint density at radius 1 is 0.864 bits per heavy atom. The quantitative estimate of drug-likeness (QED) is 0.295. The largest absolute Gasteiger partial charge is 0.240 e. The molecule has 0 fully saturated rings. The highest BCUT2D eigenvalue weighted by Crippen LogP contribution is 2.44. The first-order valence-electron chi connectivity index (χ1n) is 7.84. The second-order valence-corrected chi connectivity index (χ2v) is 10.9. The summed E-state index contributed by atoms with van der Waals surface area (Å²) in [6.07, 6.45) is 2.34. The molecule has 0 heterocycles. The molecule has 2 aromatic carbocycles. The summed E-state index contributed by atoms with van der Waals surface area (Å²) in [5, 5.41) is 0. The standard InChI is InChI=1S/C19H25BIP/c1-18(2,15-20(21)22)14-19(3,16-10-6-4-7-11-16)17-12-8-5-9-13-17/h4-13H,14-15,22H2,1-3H3. The second-order valence-electron chi connectivity index (χ2n) is 7.13. The van der Waals surface area contributed by atoms with Crippen LogP contribution in [0.4, 0.5) is 0 Å². The van der Waals surface area contributed by atoms with Crippen molar-refractivity contribution in [3.63, 3.8) is 0 Å². The van der Waals surface area contributed by atoms with Gasteiger partial charge >= 0.3 is 0 Å². The average Bonchev–Trinajstić information content (AvgIpc) is 2.47. The van der Waals surface area contributed by atoms with Crippen molar-refractivity contribution < 1.29 is 0 Å². The molecule has 116 valence electrons. The van der Waals surface area contributed by atoms with Gasteiger partial charge in [-0.2, -0.15) is 9.12 Å². The van der Waals surface area contributed by atoms with Crippen LogP contribution in [0.15, 0.2) is 60.7 Å². The molecule has 1 unspecified atom stereocenters. The molecule has 0 bridgehead atoms. The lowest BCUT2D eigenvalue weighted by molar-refractivity contribution is 0.299. The van der Waals surface area contributed by atoms with E-state index in [-0.39, 0.29) is 10.8 Å². The summed E-state index contributed by atoms with van der Waals surface area (Å²) >= 11 is 2.51. The third kappa shape index (κ3) is 4.58. The minimum atomic E-state index is 0.0439. The van der Waals surface area contributed by atoms with Crippen LogP contribution < -0.4 is 0 Å². The van der Waals surface area contributed by atoms with Gasteiger partial charge in [-0.1, -0.05) is 87.8 Å². The van der Waals surface area contributed by atoms with Gasteiger partial charge in [0.15, 0.2) is 0 Å². The Bertz CT molecular complexity index is 541. The molecule has 1 atom stereocenters. The maximum atomic E-state index is 2.94. The Hall–Kier alpha value is -0.335. The molecule has 0 radical (unpaired) electrons. The molecular weight excluding hydrogens is 397 g/mol. The fourth-order valence-electron chi connectivity index (χ4n) is 3.54. The smallest absolute Gasteiger partial charge is 0.159 e. The highest BCUT2D eigenvalue weighted by molar-refractivity contribution is 14.1. The molecule has 0 spiro atoms. The van der Waals surface area contributed by atoms with Crippen LogP contribution in [0.3, 0.4) is 0 Å². The van der Waals surface area contributed by atoms with E-state index in [1.165, 1.54) is 17.4 Å². The highest BCUT2D eigenvalue weighted by Gasteiger charge is 2.36. The number of halogens is 1. The van der Waals surface area contributed by atoms with Crippen molar-refractivity contribution in [1.82, 2.24) is 0 Å². The summed E-state index contributed by atoms with van der Waals surface area (Å²) in [7, 11) is 2.94. The molecule has 0 saturated heterocycles. The third-order valence-corrected chi connectivity index (χ3v) is 5.08. The van der Waals surface area contributed by atoms with Gasteiger partial charge in [0, 0.05) is 5.41 Å². The van der Waals surface area contributed by atoms with E-state index < -0.39 is 0 Å². The van der Waals surface area contributed by atoms with E-state index in [1.807, 2.05) is 0 Å². The number of rotatable bonds is 6. The number of hydrogen-bond donors (Lipinski definition) is 0. The molecule has 22 heavy (non-hydrogen) atoms. The molecule has 2 rings (SSSR count). The summed E-state index contributed by atoms with van der Waals surface area (Å²) in [4.78, 5) is 0. The summed E-state index contributed by atoms with van der Waals surface area (Å²) in [5.74, 6) is 0. The monoisotopic (exact) mass is 422 g/mol. The average molecular weight is 422 g/mol. The summed E-state index contributed by atoms with van der Waals surface area (Å²) in [6.45, 7) is 7.18. The Labute approximate surface area is 151 Å². The van der Waals surface area contributed by atoms with E-state index in [2.05, 4.69) is 113 Å². The molecule has 0 amide bonds. The fraction of sp³-hybridized carbons (Fsp3) is 0.368. The molecular formula is C19H25BIP. The molecule has 0 aliphatic heterocycles. The summed E-state index contributed by atoms with van der Waals surface area (Å²) < 4.78 is 0.614. The molecule has 3 heteroatoms. The highest BCUT2D eigenvalue weighted by atomic mass is 127. The predicted octanol–water partition coefficient (Wildman–Crippen LogP) is 6.21. The first-order valence-corrected chi connectivity index (χ1v) is 9.75. The maximum Gasteiger partial charge on any atom is 0.240 e. The second kappa shape index (κ2) is 7.49. The molecule has 0 nitrogen and oxygen atoms in total. The van der Waals surface area contributed by atoms with Crippen molar-refractivity contribution in [2.45, 2.75) is 38.9 Å². The van der Waals surface area contributed by atoms with Gasteiger partial charge in [0.05, 0.1) is 0 Å². The van der Waals surface area contributed by atoms with Crippen molar-refractivity contribution >= 4 is 35.8 Å². The van der Waals surface area contributed by atoms with Crippen molar-refractivity contribution in [1.29, 1.82) is 0 Å². The first kappa shape index (κ1) is 18.0.